The molecular formula is C31H48ClN5O7S. The number of alkyl carbamates (subject to hydrolysis) is 1. The molecule has 3 N–H and O–H groups in total. The Hall–Kier alpha value is -3.06. The molecule has 2 aliphatic rings. The smallest absolute Gasteiger partial charge is 0.408 e. The lowest BCUT2D eigenvalue weighted by molar-refractivity contribution is -0.141. The number of nitrogens with one attached hydrogen (secondary N) is 3. The highest BCUT2D eigenvalue weighted by molar-refractivity contribution is 7.91. The van der Waals surface area contributed by atoms with Crippen LogP contribution in [-0.4, -0.2) is 73.9 Å². The molecule has 1 saturated heterocycles. The largest absolute Gasteiger partial charge is 0.444 e. The van der Waals surface area contributed by atoms with E-state index in [0.29, 0.717) is 36.5 Å². The molecule has 2 atom stereocenters. The Morgan fingerprint density at radius 3 is 2.29 bits per heavy atom. The number of carbonyl (C=O) groups excluding carboxylic acids is 4. The molecule has 2 fully saturated rings. The zero-order chi connectivity index (χ0) is 33.4. The van der Waals surface area contributed by atoms with Gasteiger partial charge in [0.1, 0.15) is 23.2 Å². The predicted octanol–water partition coefficient (Wildman–Crippen LogP) is 4.42. The van der Waals surface area contributed by atoms with Gasteiger partial charge in [0.25, 0.3) is 5.91 Å². The van der Waals surface area contributed by atoms with Crippen molar-refractivity contribution in [2.75, 3.05) is 17.9 Å². The highest BCUT2D eigenvalue weighted by atomic mass is 35.5. The normalized spacial score (nSPS) is 18.1. The van der Waals surface area contributed by atoms with Crippen LogP contribution in [-0.2, 0) is 29.3 Å². The Morgan fingerprint density at radius 2 is 1.69 bits per heavy atom. The first-order valence-electron chi connectivity index (χ1n) is 15.8. The molecule has 4 amide bonds. The summed E-state index contributed by atoms with van der Waals surface area (Å²) in [6, 6.07) is 4.34. The van der Waals surface area contributed by atoms with Crippen molar-refractivity contribution >= 4 is 51.3 Å². The monoisotopic (exact) mass is 669 g/mol. The van der Waals surface area contributed by atoms with Crippen LogP contribution >= 0.6 is 11.6 Å². The molecule has 1 aliphatic heterocycles. The topological polar surface area (TPSA) is 154 Å². The summed E-state index contributed by atoms with van der Waals surface area (Å²) in [6.45, 7) is 7.68. The number of amides is 4. The third-order valence-corrected chi connectivity index (χ3v) is 9.62. The van der Waals surface area contributed by atoms with Crippen LogP contribution in [0.3, 0.4) is 0 Å². The van der Waals surface area contributed by atoms with Crippen LogP contribution in [0.2, 0.25) is 5.02 Å². The van der Waals surface area contributed by atoms with Gasteiger partial charge in [-0.1, -0.05) is 57.0 Å². The maximum Gasteiger partial charge on any atom is 0.408 e. The summed E-state index contributed by atoms with van der Waals surface area (Å²) in [7, 11) is -2.98. The van der Waals surface area contributed by atoms with E-state index in [0.717, 1.165) is 42.8 Å². The van der Waals surface area contributed by atoms with Gasteiger partial charge in [0.15, 0.2) is 0 Å². The Bertz CT molecular complexity index is 1310. The van der Waals surface area contributed by atoms with Crippen molar-refractivity contribution in [3.05, 3.63) is 29.3 Å². The van der Waals surface area contributed by atoms with E-state index in [1.165, 1.54) is 36.2 Å². The zero-order valence-electron chi connectivity index (χ0n) is 27.0. The lowest BCUT2D eigenvalue weighted by Crippen LogP contribution is -2.58. The minimum Gasteiger partial charge on any atom is -0.444 e. The van der Waals surface area contributed by atoms with Crippen molar-refractivity contribution in [1.82, 2.24) is 20.3 Å². The van der Waals surface area contributed by atoms with Gasteiger partial charge in [0.2, 0.25) is 11.8 Å². The van der Waals surface area contributed by atoms with Gasteiger partial charge >= 0.3 is 16.3 Å². The van der Waals surface area contributed by atoms with Crippen molar-refractivity contribution in [2.24, 2.45) is 0 Å². The Kier molecular flexibility index (Phi) is 12.5. The first kappa shape index (κ1) is 36.4. The molecule has 1 aromatic carbocycles. The SMILES string of the molecule is CCCCCCCC[C@H](NC(=O)OC(C)(C)C)C(=O)N1CCC[C@H]1C(=O)NC1(C(=O)NS(=O)(=O)N(C)c2ccc(Cl)cc2)CC1. The summed E-state index contributed by atoms with van der Waals surface area (Å²) >= 11 is 5.89. The quantitative estimate of drug-likeness (QED) is 0.234. The molecule has 14 heteroatoms. The summed E-state index contributed by atoms with van der Waals surface area (Å²) in [5.74, 6) is -1.76. The van der Waals surface area contributed by atoms with Crippen LogP contribution in [0.5, 0.6) is 0 Å². The standard InChI is InChI=1S/C31H48ClN5O7S/c1-6-7-8-9-10-11-13-24(33-29(41)44-30(2,3)4)27(39)37-21-12-14-25(37)26(38)34-31(19-20-31)28(40)35-45(42,43)36(5)23-17-15-22(32)16-18-23/h15-18,24-25H,6-14,19-21H2,1-5H3,(H,33,41)(H,34,38)(H,35,40)/t24-,25-/m0/s1. The van der Waals surface area contributed by atoms with Gasteiger partial charge in [-0.05, 0) is 77.1 Å². The highest BCUT2D eigenvalue weighted by Crippen LogP contribution is 2.37. The van der Waals surface area contributed by atoms with Gasteiger partial charge < -0.3 is 20.3 Å². The number of hydrogen-bond donors (Lipinski definition) is 3. The molecule has 0 unspecified atom stereocenters. The second-order valence-corrected chi connectivity index (χ2v) is 15.0. The minimum atomic E-state index is -4.28. The number of likely N-dealkylation sites (tertiary alicyclic amines) is 1. The fourth-order valence-corrected chi connectivity index (χ4v) is 6.36. The molecule has 0 aromatic heterocycles. The molecule has 0 bridgehead atoms. The molecule has 0 radical (unpaired) electrons. The fraction of sp³-hybridized carbons (Fsp3) is 0.677. The van der Waals surface area contributed by atoms with Crippen molar-refractivity contribution in [3.63, 3.8) is 0 Å². The molecule has 45 heavy (non-hydrogen) atoms. The summed E-state index contributed by atoms with van der Waals surface area (Å²) in [5.41, 5.74) is -1.84. The van der Waals surface area contributed by atoms with E-state index in [-0.39, 0.29) is 18.7 Å². The lowest BCUT2D eigenvalue weighted by Gasteiger charge is -2.30. The van der Waals surface area contributed by atoms with Crippen molar-refractivity contribution in [1.29, 1.82) is 0 Å². The first-order chi connectivity index (χ1) is 21.1. The number of rotatable bonds is 15. The van der Waals surface area contributed by atoms with Crippen LogP contribution in [0.1, 0.15) is 98.3 Å². The van der Waals surface area contributed by atoms with Gasteiger partial charge in [-0.3, -0.25) is 18.7 Å². The third-order valence-electron chi connectivity index (χ3n) is 7.99. The summed E-state index contributed by atoms with van der Waals surface area (Å²) < 4.78 is 34.3. The number of anilines is 1. The molecule has 1 heterocycles. The van der Waals surface area contributed by atoms with Gasteiger partial charge in [-0.25, -0.2) is 9.52 Å². The van der Waals surface area contributed by atoms with Gasteiger partial charge in [0.05, 0.1) is 5.69 Å². The van der Waals surface area contributed by atoms with Crippen LogP contribution in [0.15, 0.2) is 24.3 Å². The van der Waals surface area contributed by atoms with Gasteiger partial charge in [0, 0.05) is 18.6 Å². The molecule has 0 spiro atoms. The molecule has 1 aromatic rings. The summed E-state index contributed by atoms with van der Waals surface area (Å²) in [6.07, 6.45) is 7.21. The Labute approximate surface area is 272 Å². The van der Waals surface area contributed by atoms with Crippen LogP contribution in [0.25, 0.3) is 0 Å². The van der Waals surface area contributed by atoms with E-state index in [1.807, 2.05) is 0 Å². The Balaban J connectivity index is 1.66. The highest BCUT2D eigenvalue weighted by Gasteiger charge is 2.54. The molecule has 12 nitrogen and oxygen atoms in total. The Morgan fingerprint density at radius 1 is 1.07 bits per heavy atom. The van der Waals surface area contributed by atoms with Crippen LogP contribution in [0, 0.1) is 0 Å². The van der Waals surface area contributed by atoms with E-state index < -0.39 is 51.3 Å². The van der Waals surface area contributed by atoms with Crippen LogP contribution < -0.4 is 19.7 Å². The second kappa shape index (κ2) is 15.5. The number of hydrogen-bond acceptors (Lipinski definition) is 7. The number of carbonyl (C=O) groups is 4. The number of nitrogens with zero attached hydrogens (tertiary/aromatic N) is 2. The van der Waals surface area contributed by atoms with Crippen molar-refractivity contribution < 1.29 is 32.3 Å². The van der Waals surface area contributed by atoms with Crippen LogP contribution in [0.4, 0.5) is 10.5 Å². The maximum atomic E-state index is 13.8. The average Bonchev–Trinajstić information content (AvgIpc) is 3.57. The second-order valence-electron chi connectivity index (χ2n) is 12.9. The lowest BCUT2D eigenvalue weighted by atomic mass is 10.0. The molecule has 1 aliphatic carbocycles. The van der Waals surface area contributed by atoms with Gasteiger partial charge in [-0.15, -0.1) is 0 Å². The van der Waals surface area contributed by atoms with Crippen molar-refractivity contribution in [2.45, 2.75) is 122 Å². The van der Waals surface area contributed by atoms with E-state index in [2.05, 4.69) is 22.3 Å². The summed E-state index contributed by atoms with van der Waals surface area (Å²) in [4.78, 5) is 54.5. The summed E-state index contributed by atoms with van der Waals surface area (Å²) in [5, 5.41) is 5.88. The zero-order valence-corrected chi connectivity index (χ0v) is 28.6. The molecule has 3 rings (SSSR count). The predicted molar refractivity (Wildman–Crippen MR) is 173 cm³/mol. The number of halogens is 1. The molecule has 252 valence electrons. The van der Waals surface area contributed by atoms with E-state index in [9.17, 15) is 27.6 Å². The fourth-order valence-electron chi connectivity index (χ4n) is 5.27. The van der Waals surface area contributed by atoms with E-state index in [4.69, 9.17) is 16.3 Å². The average molecular weight is 670 g/mol. The van der Waals surface area contributed by atoms with E-state index >= 15 is 0 Å². The third kappa shape index (κ3) is 10.5. The van der Waals surface area contributed by atoms with E-state index in [1.54, 1.807) is 20.8 Å². The minimum absolute atomic E-state index is 0.256. The van der Waals surface area contributed by atoms with Gasteiger partial charge in [-0.2, -0.15) is 8.42 Å². The molecular weight excluding hydrogens is 622 g/mol. The number of ether oxygens (including phenoxy) is 1. The first-order valence-corrected chi connectivity index (χ1v) is 17.6. The number of unbranched alkanes of at least 4 members (excludes halogenated alkanes) is 5. The van der Waals surface area contributed by atoms with Crippen molar-refractivity contribution in [3.8, 4) is 0 Å². The molecule has 1 saturated carbocycles. The number of benzene rings is 1. The maximum absolute atomic E-state index is 13.8.